The average molecular weight is 245 g/mol. The molecule has 0 aliphatic carbocycles. The van der Waals surface area contributed by atoms with E-state index in [4.69, 9.17) is 5.26 Å². The lowest BCUT2D eigenvalue weighted by Crippen LogP contribution is -2.43. The average Bonchev–Trinajstić information content (AvgIpc) is 2.96. The van der Waals surface area contributed by atoms with E-state index < -0.39 is 0 Å². The van der Waals surface area contributed by atoms with Gasteiger partial charge in [-0.3, -0.25) is 4.79 Å². The minimum absolute atomic E-state index is 0.00826. The largest absolute Gasteiger partial charge is 0.356 e. The van der Waals surface area contributed by atoms with Crippen LogP contribution in [0.2, 0.25) is 0 Å². The standard InChI is InChI=1S/C14H19N3O/c1-14(2,3)12-5-4-6-17(12)13(18)11-7-10(8-15)9-16-11/h7,9,12,16H,4-6H2,1-3H3/t12-/m1/s1. The topological polar surface area (TPSA) is 59.9 Å². The van der Waals surface area contributed by atoms with Crippen molar-refractivity contribution in [3.8, 4) is 6.07 Å². The van der Waals surface area contributed by atoms with Crippen LogP contribution in [-0.2, 0) is 0 Å². The van der Waals surface area contributed by atoms with Crippen molar-refractivity contribution < 1.29 is 4.79 Å². The van der Waals surface area contributed by atoms with Crippen LogP contribution in [0.25, 0.3) is 0 Å². The van der Waals surface area contributed by atoms with Gasteiger partial charge in [0, 0.05) is 18.8 Å². The number of nitrogens with one attached hydrogen (secondary N) is 1. The molecule has 1 atom stereocenters. The van der Waals surface area contributed by atoms with E-state index in [1.54, 1.807) is 12.3 Å². The number of amides is 1. The van der Waals surface area contributed by atoms with E-state index >= 15 is 0 Å². The van der Waals surface area contributed by atoms with Crippen LogP contribution >= 0.6 is 0 Å². The molecule has 0 radical (unpaired) electrons. The van der Waals surface area contributed by atoms with Crippen LogP contribution < -0.4 is 0 Å². The molecule has 1 aliphatic rings. The molecule has 0 aromatic carbocycles. The first-order chi connectivity index (χ1) is 8.43. The molecule has 0 unspecified atom stereocenters. The molecule has 1 aromatic heterocycles. The Hall–Kier alpha value is -1.76. The van der Waals surface area contributed by atoms with Gasteiger partial charge in [-0.1, -0.05) is 20.8 Å². The van der Waals surface area contributed by atoms with E-state index in [-0.39, 0.29) is 17.4 Å². The van der Waals surface area contributed by atoms with E-state index in [9.17, 15) is 4.79 Å². The molecular formula is C14H19N3O. The van der Waals surface area contributed by atoms with Crippen molar-refractivity contribution >= 4 is 5.91 Å². The normalized spacial score (nSPS) is 19.9. The van der Waals surface area contributed by atoms with Gasteiger partial charge in [0.05, 0.1) is 5.56 Å². The van der Waals surface area contributed by atoms with Crippen molar-refractivity contribution in [2.75, 3.05) is 6.54 Å². The Balaban J connectivity index is 2.21. The first-order valence-corrected chi connectivity index (χ1v) is 6.33. The number of hydrogen-bond donors (Lipinski definition) is 1. The van der Waals surface area contributed by atoms with Crippen LogP contribution in [0.5, 0.6) is 0 Å². The summed E-state index contributed by atoms with van der Waals surface area (Å²) in [4.78, 5) is 17.2. The Kier molecular flexibility index (Phi) is 3.16. The van der Waals surface area contributed by atoms with Gasteiger partial charge >= 0.3 is 0 Å². The van der Waals surface area contributed by atoms with Crippen molar-refractivity contribution in [1.29, 1.82) is 5.26 Å². The van der Waals surface area contributed by atoms with Crippen LogP contribution in [0.15, 0.2) is 12.3 Å². The molecule has 0 spiro atoms. The van der Waals surface area contributed by atoms with E-state index in [2.05, 4.69) is 25.8 Å². The van der Waals surface area contributed by atoms with Crippen molar-refractivity contribution in [2.24, 2.45) is 5.41 Å². The number of likely N-dealkylation sites (tertiary alicyclic amines) is 1. The highest BCUT2D eigenvalue weighted by molar-refractivity contribution is 5.93. The number of carbonyl (C=O) groups excluding carboxylic acids is 1. The molecule has 0 bridgehead atoms. The van der Waals surface area contributed by atoms with Gasteiger partial charge in [0.15, 0.2) is 0 Å². The third kappa shape index (κ3) is 2.26. The maximum atomic E-state index is 12.4. The number of hydrogen-bond acceptors (Lipinski definition) is 2. The first-order valence-electron chi connectivity index (χ1n) is 6.33. The smallest absolute Gasteiger partial charge is 0.270 e. The molecule has 1 saturated heterocycles. The molecule has 96 valence electrons. The highest BCUT2D eigenvalue weighted by atomic mass is 16.2. The lowest BCUT2D eigenvalue weighted by atomic mass is 9.85. The summed E-state index contributed by atoms with van der Waals surface area (Å²) in [6.45, 7) is 7.30. The lowest BCUT2D eigenvalue weighted by molar-refractivity contribution is 0.0621. The third-order valence-corrected chi connectivity index (χ3v) is 3.56. The van der Waals surface area contributed by atoms with Gasteiger partial charge in [-0.05, 0) is 24.3 Å². The van der Waals surface area contributed by atoms with E-state index in [0.717, 1.165) is 19.4 Å². The van der Waals surface area contributed by atoms with E-state index in [1.807, 2.05) is 11.0 Å². The molecule has 1 N–H and O–H groups in total. The van der Waals surface area contributed by atoms with E-state index in [0.29, 0.717) is 11.3 Å². The second-order valence-electron chi connectivity index (χ2n) is 5.94. The Morgan fingerprint density at radius 1 is 1.56 bits per heavy atom. The quantitative estimate of drug-likeness (QED) is 0.826. The lowest BCUT2D eigenvalue weighted by Gasteiger charge is -2.34. The maximum Gasteiger partial charge on any atom is 0.270 e. The molecule has 1 fully saturated rings. The first kappa shape index (κ1) is 12.7. The summed E-state index contributed by atoms with van der Waals surface area (Å²) in [5.74, 6) is 0.00826. The fraction of sp³-hybridized carbons (Fsp3) is 0.571. The zero-order chi connectivity index (χ0) is 13.3. The predicted octanol–water partition coefficient (Wildman–Crippen LogP) is 2.54. The van der Waals surface area contributed by atoms with Crippen LogP contribution in [0.4, 0.5) is 0 Å². The van der Waals surface area contributed by atoms with Gasteiger partial charge in [-0.2, -0.15) is 5.26 Å². The molecule has 1 amide bonds. The number of carbonyl (C=O) groups is 1. The zero-order valence-corrected chi connectivity index (χ0v) is 11.2. The minimum Gasteiger partial charge on any atom is -0.356 e. The van der Waals surface area contributed by atoms with Crippen LogP contribution in [0, 0.1) is 16.7 Å². The predicted molar refractivity (Wildman–Crippen MR) is 69.0 cm³/mol. The Morgan fingerprint density at radius 2 is 2.28 bits per heavy atom. The van der Waals surface area contributed by atoms with Gasteiger partial charge in [0.1, 0.15) is 11.8 Å². The summed E-state index contributed by atoms with van der Waals surface area (Å²) in [6, 6.07) is 3.93. The number of nitriles is 1. The van der Waals surface area contributed by atoms with Crippen LogP contribution in [0.1, 0.15) is 49.7 Å². The summed E-state index contributed by atoms with van der Waals surface area (Å²) in [7, 11) is 0. The highest BCUT2D eigenvalue weighted by Gasteiger charge is 2.37. The molecular weight excluding hydrogens is 226 g/mol. The molecule has 0 saturated carbocycles. The summed E-state index contributed by atoms with van der Waals surface area (Å²) >= 11 is 0. The number of H-pyrrole nitrogens is 1. The summed E-state index contributed by atoms with van der Waals surface area (Å²) in [5, 5.41) is 8.78. The molecule has 18 heavy (non-hydrogen) atoms. The number of aromatic nitrogens is 1. The highest BCUT2D eigenvalue weighted by Crippen LogP contribution is 2.33. The van der Waals surface area contributed by atoms with Gasteiger partial charge < -0.3 is 9.88 Å². The fourth-order valence-electron chi connectivity index (χ4n) is 2.65. The summed E-state index contributed by atoms with van der Waals surface area (Å²) in [5.41, 5.74) is 1.11. The van der Waals surface area contributed by atoms with Gasteiger partial charge in [-0.25, -0.2) is 0 Å². The van der Waals surface area contributed by atoms with Crippen molar-refractivity contribution in [2.45, 2.75) is 39.7 Å². The number of aromatic amines is 1. The van der Waals surface area contributed by atoms with Gasteiger partial charge in [0.25, 0.3) is 5.91 Å². The SMILES string of the molecule is CC(C)(C)[C@H]1CCCN1C(=O)c1cc(C#N)c[nH]1. The van der Waals surface area contributed by atoms with E-state index in [1.165, 1.54) is 0 Å². The molecule has 4 heteroatoms. The molecule has 2 rings (SSSR count). The van der Waals surface area contributed by atoms with Crippen LogP contribution in [0.3, 0.4) is 0 Å². The number of nitrogens with zero attached hydrogens (tertiary/aromatic N) is 2. The number of rotatable bonds is 1. The Bertz CT molecular complexity index is 490. The van der Waals surface area contributed by atoms with Crippen LogP contribution in [-0.4, -0.2) is 28.4 Å². The van der Waals surface area contributed by atoms with Crippen molar-refractivity contribution in [3.05, 3.63) is 23.5 Å². The third-order valence-electron chi connectivity index (χ3n) is 3.56. The minimum atomic E-state index is 0.00826. The van der Waals surface area contributed by atoms with Gasteiger partial charge in [-0.15, -0.1) is 0 Å². The van der Waals surface area contributed by atoms with Crippen molar-refractivity contribution in [1.82, 2.24) is 9.88 Å². The fourth-order valence-corrected chi connectivity index (χ4v) is 2.65. The maximum absolute atomic E-state index is 12.4. The molecule has 1 aromatic rings. The second kappa shape index (κ2) is 4.49. The second-order valence-corrected chi connectivity index (χ2v) is 5.94. The monoisotopic (exact) mass is 245 g/mol. The van der Waals surface area contributed by atoms with Gasteiger partial charge in [0.2, 0.25) is 0 Å². The summed E-state index contributed by atoms with van der Waals surface area (Å²) < 4.78 is 0. The summed E-state index contributed by atoms with van der Waals surface area (Å²) in [6.07, 6.45) is 3.69. The molecule has 1 aliphatic heterocycles. The zero-order valence-electron chi connectivity index (χ0n) is 11.2. The van der Waals surface area contributed by atoms with Crippen molar-refractivity contribution in [3.63, 3.8) is 0 Å². The Morgan fingerprint density at radius 3 is 2.83 bits per heavy atom. The molecule has 4 nitrogen and oxygen atoms in total. The molecule has 2 heterocycles. The Labute approximate surface area is 108 Å².